The highest BCUT2D eigenvalue weighted by atomic mass is 16.3. The molecule has 0 bridgehead atoms. The molecule has 0 radical (unpaired) electrons. The maximum Gasteiger partial charge on any atom is 0.204 e. The maximum absolute atomic E-state index is 12.7. The van der Waals surface area contributed by atoms with Crippen LogP contribution in [-0.2, 0) is 5.60 Å². The second kappa shape index (κ2) is 3.78. The fourth-order valence-corrected chi connectivity index (χ4v) is 3.11. The Hall–Kier alpha value is -2.45. The van der Waals surface area contributed by atoms with Gasteiger partial charge in [0.1, 0.15) is 0 Å². The molecule has 1 N–H and O–H groups in total. The predicted octanol–water partition coefficient (Wildman–Crippen LogP) is 3.27. The van der Waals surface area contributed by atoms with E-state index in [0.717, 1.165) is 10.8 Å². The van der Waals surface area contributed by atoms with Gasteiger partial charge in [0.05, 0.1) is 0 Å². The van der Waals surface area contributed by atoms with Crippen LogP contribution in [0.3, 0.4) is 0 Å². The molecule has 0 amide bonds. The minimum absolute atomic E-state index is 0.240. The summed E-state index contributed by atoms with van der Waals surface area (Å²) < 4.78 is 0. The molecule has 0 saturated carbocycles. The van der Waals surface area contributed by atoms with Crippen LogP contribution in [0.1, 0.15) is 21.5 Å². The third-order valence-corrected chi connectivity index (χ3v) is 4.06. The molecule has 0 spiro atoms. The summed E-state index contributed by atoms with van der Waals surface area (Å²) in [5.41, 5.74) is 0.338. The molecular weight excluding hydrogens is 248 g/mol. The van der Waals surface area contributed by atoms with Crippen molar-refractivity contribution in [3.63, 3.8) is 0 Å². The molecule has 96 valence electrons. The number of rotatable bonds is 1. The average Bonchev–Trinajstić information content (AvgIpc) is 2.74. The molecular formula is C18H12O2. The van der Waals surface area contributed by atoms with E-state index in [-0.39, 0.29) is 5.78 Å². The lowest BCUT2D eigenvalue weighted by Crippen LogP contribution is -2.33. The third kappa shape index (κ3) is 1.24. The zero-order valence-electron chi connectivity index (χ0n) is 10.7. The molecule has 0 fully saturated rings. The molecule has 1 unspecified atom stereocenters. The van der Waals surface area contributed by atoms with Gasteiger partial charge in [0.15, 0.2) is 5.60 Å². The normalized spacial score (nSPS) is 20.6. The van der Waals surface area contributed by atoms with Gasteiger partial charge < -0.3 is 5.11 Å². The molecule has 0 aromatic heterocycles. The van der Waals surface area contributed by atoms with Gasteiger partial charge in [-0.2, -0.15) is 0 Å². The third-order valence-electron chi connectivity index (χ3n) is 4.06. The van der Waals surface area contributed by atoms with E-state index in [1.807, 2.05) is 48.5 Å². The summed E-state index contributed by atoms with van der Waals surface area (Å²) in [7, 11) is 0. The Kier molecular flexibility index (Phi) is 2.15. The summed E-state index contributed by atoms with van der Waals surface area (Å²) in [6, 6.07) is 20.4. The quantitative estimate of drug-likeness (QED) is 0.729. The van der Waals surface area contributed by atoms with E-state index < -0.39 is 5.60 Å². The second-order valence-corrected chi connectivity index (χ2v) is 5.11. The Morgan fingerprint density at radius 2 is 1.50 bits per heavy atom. The number of aliphatic hydroxyl groups is 1. The number of benzene rings is 3. The van der Waals surface area contributed by atoms with Gasteiger partial charge in [0.25, 0.3) is 0 Å². The molecule has 3 aromatic carbocycles. The molecule has 2 heteroatoms. The SMILES string of the molecule is O=C1c2cccc3cccc(c23)C1(O)c1ccccc1. The predicted molar refractivity (Wildman–Crippen MR) is 77.7 cm³/mol. The van der Waals surface area contributed by atoms with Gasteiger partial charge in [-0.1, -0.05) is 66.7 Å². The van der Waals surface area contributed by atoms with E-state index in [1.165, 1.54) is 0 Å². The van der Waals surface area contributed by atoms with Crippen molar-refractivity contribution in [2.24, 2.45) is 0 Å². The molecule has 20 heavy (non-hydrogen) atoms. The summed E-state index contributed by atoms with van der Waals surface area (Å²) in [6.07, 6.45) is 0. The summed E-state index contributed by atoms with van der Waals surface area (Å²) in [5.74, 6) is -0.240. The largest absolute Gasteiger partial charge is 0.373 e. The monoisotopic (exact) mass is 260 g/mol. The van der Waals surface area contributed by atoms with Crippen LogP contribution in [-0.4, -0.2) is 10.9 Å². The van der Waals surface area contributed by atoms with Crippen LogP contribution in [0.2, 0.25) is 0 Å². The van der Waals surface area contributed by atoms with E-state index in [1.54, 1.807) is 18.2 Å². The standard InChI is InChI=1S/C18H12O2/c19-17-14-10-4-6-12-7-5-11-15(16(12)14)18(17,20)13-8-2-1-3-9-13/h1-11,20H. The van der Waals surface area contributed by atoms with Crippen LogP contribution in [0.5, 0.6) is 0 Å². The Bertz CT molecular complexity index is 831. The molecule has 4 rings (SSSR count). The molecule has 0 saturated heterocycles. The maximum atomic E-state index is 12.7. The molecule has 1 atom stereocenters. The summed E-state index contributed by atoms with van der Waals surface area (Å²) in [4.78, 5) is 12.7. The highest BCUT2D eigenvalue weighted by molar-refractivity contribution is 6.20. The van der Waals surface area contributed by atoms with Gasteiger partial charge in [-0.25, -0.2) is 0 Å². The minimum atomic E-state index is -1.57. The van der Waals surface area contributed by atoms with Crippen molar-refractivity contribution in [3.05, 3.63) is 83.4 Å². The zero-order chi connectivity index (χ0) is 13.7. The van der Waals surface area contributed by atoms with Crippen LogP contribution in [0.25, 0.3) is 10.8 Å². The second-order valence-electron chi connectivity index (χ2n) is 5.11. The van der Waals surface area contributed by atoms with Crippen molar-refractivity contribution >= 4 is 16.6 Å². The molecule has 0 aliphatic heterocycles. The van der Waals surface area contributed by atoms with Gasteiger partial charge in [-0.3, -0.25) is 4.79 Å². The van der Waals surface area contributed by atoms with Gasteiger partial charge >= 0.3 is 0 Å². The highest BCUT2D eigenvalue weighted by Gasteiger charge is 2.47. The van der Waals surface area contributed by atoms with E-state index in [0.29, 0.717) is 16.7 Å². The van der Waals surface area contributed by atoms with Crippen molar-refractivity contribution in [2.45, 2.75) is 5.60 Å². The van der Waals surface area contributed by atoms with Gasteiger partial charge in [0, 0.05) is 11.1 Å². The van der Waals surface area contributed by atoms with Crippen LogP contribution in [0.4, 0.5) is 0 Å². The fourth-order valence-electron chi connectivity index (χ4n) is 3.11. The van der Waals surface area contributed by atoms with Gasteiger partial charge in [-0.15, -0.1) is 0 Å². The summed E-state index contributed by atoms with van der Waals surface area (Å²) in [5, 5.41) is 13.0. The van der Waals surface area contributed by atoms with E-state index in [2.05, 4.69) is 0 Å². The van der Waals surface area contributed by atoms with Crippen LogP contribution >= 0.6 is 0 Å². The van der Waals surface area contributed by atoms with Gasteiger partial charge in [0.2, 0.25) is 5.78 Å². The summed E-state index contributed by atoms with van der Waals surface area (Å²) >= 11 is 0. The Morgan fingerprint density at radius 1 is 0.800 bits per heavy atom. The van der Waals surface area contributed by atoms with E-state index >= 15 is 0 Å². The zero-order valence-corrected chi connectivity index (χ0v) is 10.7. The molecule has 1 aliphatic rings. The van der Waals surface area contributed by atoms with Crippen LogP contribution < -0.4 is 0 Å². The first-order valence-corrected chi connectivity index (χ1v) is 6.58. The first-order chi connectivity index (χ1) is 9.73. The first kappa shape index (κ1) is 11.4. The molecule has 0 heterocycles. The number of Topliss-reactive ketones (excluding diaryl/α,β-unsaturated/α-hetero) is 1. The lowest BCUT2D eigenvalue weighted by Gasteiger charge is -2.23. The highest BCUT2D eigenvalue weighted by Crippen LogP contribution is 2.44. The number of ketones is 1. The van der Waals surface area contributed by atoms with Crippen molar-refractivity contribution in [1.82, 2.24) is 0 Å². The Labute approximate surface area is 116 Å². The number of carbonyl (C=O) groups excluding carboxylic acids is 1. The molecule has 3 aromatic rings. The number of hydrogen-bond donors (Lipinski definition) is 1. The minimum Gasteiger partial charge on any atom is -0.373 e. The van der Waals surface area contributed by atoms with E-state index in [9.17, 15) is 9.90 Å². The Balaban J connectivity index is 2.12. The lowest BCUT2D eigenvalue weighted by atomic mass is 9.86. The number of hydrogen-bond acceptors (Lipinski definition) is 2. The van der Waals surface area contributed by atoms with Crippen LogP contribution in [0, 0.1) is 0 Å². The lowest BCUT2D eigenvalue weighted by molar-refractivity contribution is 0.0517. The summed E-state index contributed by atoms with van der Waals surface area (Å²) in [6.45, 7) is 0. The van der Waals surface area contributed by atoms with Crippen molar-refractivity contribution < 1.29 is 9.90 Å². The van der Waals surface area contributed by atoms with Crippen molar-refractivity contribution in [2.75, 3.05) is 0 Å². The van der Waals surface area contributed by atoms with Crippen molar-refractivity contribution in [1.29, 1.82) is 0 Å². The van der Waals surface area contributed by atoms with Crippen molar-refractivity contribution in [3.8, 4) is 0 Å². The van der Waals surface area contributed by atoms with Gasteiger partial charge in [-0.05, 0) is 16.3 Å². The molecule has 1 aliphatic carbocycles. The smallest absolute Gasteiger partial charge is 0.204 e. The Morgan fingerprint density at radius 3 is 2.25 bits per heavy atom. The average molecular weight is 260 g/mol. The molecule has 2 nitrogen and oxygen atoms in total. The topological polar surface area (TPSA) is 37.3 Å². The van der Waals surface area contributed by atoms with Crippen LogP contribution in [0.15, 0.2) is 66.7 Å². The van der Waals surface area contributed by atoms with E-state index in [4.69, 9.17) is 0 Å². The first-order valence-electron chi connectivity index (χ1n) is 6.58. The fraction of sp³-hybridized carbons (Fsp3) is 0.0556. The number of carbonyl (C=O) groups is 1.